The van der Waals surface area contributed by atoms with E-state index in [2.05, 4.69) is 46.5 Å². The number of carbonyl (C=O) groups excluding carboxylic acids is 1. The Morgan fingerprint density at radius 1 is 1.21 bits per heavy atom. The lowest BCUT2D eigenvalue weighted by Crippen LogP contribution is -2.23. The van der Waals surface area contributed by atoms with Crippen LogP contribution in [0.2, 0.25) is 5.15 Å². The van der Waals surface area contributed by atoms with Crippen LogP contribution in [-0.4, -0.2) is 26.8 Å². The second-order valence-corrected chi connectivity index (χ2v) is 7.82. The van der Waals surface area contributed by atoms with Crippen LogP contribution in [-0.2, 0) is 11.2 Å². The van der Waals surface area contributed by atoms with Gasteiger partial charge in [-0.3, -0.25) is 9.20 Å². The van der Waals surface area contributed by atoms with E-state index in [0.717, 1.165) is 21.9 Å². The van der Waals surface area contributed by atoms with E-state index in [1.807, 2.05) is 34.2 Å². The van der Waals surface area contributed by atoms with Gasteiger partial charge < -0.3 is 5.32 Å². The number of rotatable bonds is 6. The lowest BCUT2D eigenvalue weighted by Gasteiger charge is -2.01. The van der Waals surface area contributed by atoms with E-state index in [-0.39, 0.29) is 5.91 Å². The van der Waals surface area contributed by atoms with Gasteiger partial charge in [0.15, 0.2) is 5.15 Å². The largest absolute Gasteiger partial charge is 0.352 e. The minimum Gasteiger partial charge on any atom is -0.352 e. The van der Waals surface area contributed by atoms with E-state index in [0.29, 0.717) is 23.8 Å². The van der Waals surface area contributed by atoms with Crippen molar-refractivity contribution in [2.24, 2.45) is 0 Å². The van der Waals surface area contributed by atoms with Gasteiger partial charge in [-0.05, 0) is 25.1 Å². The van der Waals surface area contributed by atoms with Crippen LogP contribution in [0.25, 0.3) is 22.3 Å². The van der Waals surface area contributed by atoms with Crippen molar-refractivity contribution < 1.29 is 4.79 Å². The number of carbonyl (C=O) groups is 1. The molecular formula is C22H19ClN4OS. The number of nitrogens with one attached hydrogen (secondary N) is 1. The minimum atomic E-state index is -0.180. The number of halogens is 1. The van der Waals surface area contributed by atoms with Crippen molar-refractivity contribution in [1.29, 1.82) is 0 Å². The van der Waals surface area contributed by atoms with Crippen molar-refractivity contribution in [3.8, 4) is 10.6 Å². The molecule has 3 heterocycles. The second-order valence-electron chi connectivity index (χ2n) is 6.60. The van der Waals surface area contributed by atoms with Crippen LogP contribution in [0.4, 0.5) is 0 Å². The third-order valence-electron chi connectivity index (χ3n) is 4.45. The summed E-state index contributed by atoms with van der Waals surface area (Å²) < 4.78 is 1.84. The maximum absolute atomic E-state index is 12.1. The van der Waals surface area contributed by atoms with E-state index in [4.69, 9.17) is 11.6 Å². The maximum atomic E-state index is 12.1. The Balaban J connectivity index is 1.33. The lowest BCUT2D eigenvalue weighted by atomic mass is 10.2. The molecule has 0 fully saturated rings. The Hall–Kier alpha value is -2.96. The Morgan fingerprint density at radius 2 is 2.03 bits per heavy atom. The van der Waals surface area contributed by atoms with Gasteiger partial charge in [0.1, 0.15) is 10.7 Å². The Morgan fingerprint density at radius 3 is 2.86 bits per heavy atom. The number of aryl methyl sites for hydroxylation is 1. The molecule has 4 aromatic rings. The molecule has 0 unspecified atom stereocenters. The molecule has 1 N–H and O–H groups in total. The van der Waals surface area contributed by atoms with Gasteiger partial charge >= 0.3 is 0 Å². The first-order valence-corrected chi connectivity index (χ1v) is 10.5. The van der Waals surface area contributed by atoms with Crippen molar-refractivity contribution >= 4 is 40.6 Å². The molecule has 7 heteroatoms. The summed E-state index contributed by atoms with van der Waals surface area (Å²) in [5.41, 5.74) is 4.74. The lowest BCUT2D eigenvalue weighted by molar-refractivity contribution is -0.116. The third kappa shape index (κ3) is 4.55. The summed E-state index contributed by atoms with van der Waals surface area (Å²) in [6.45, 7) is 2.58. The van der Waals surface area contributed by atoms with Gasteiger partial charge in [0, 0.05) is 36.2 Å². The summed E-state index contributed by atoms with van der Waals surface area (Å²) in [6, 6.07) is 14.0. The molecule has 3 aromatic heterocycles. The van der Waals surface area contributed by atoms with Gasteiger partial charge in [-0.15, -0.1) is 11.3 Å². The maximum Gasteiger partial charge on any atom is 0.244 e. The van der Waals surface area contributed by atoms with Gasteiger partial charge in [0.2, 0.25) is 5.91 Å². The van der Waals surface area contributed by atoms with E-state index in [1.165, 1.54) is 11.6 Å². The number of thiazole rings is 1. The number of fused-ring (bicyclic) bond motifs is 1. The molecule has 0 radical (unpaired) electrons. The third-order valence-corrected chi connectivity index (χ3v) is 5.66. The number of nitrogens with zero attached hydrogens (tertiary/aromatic N) is 3. The fraction of sp³-hybridized carbons (Fsp3) is 0.136. The minimum absolute atomic E-state index is 0.180. The number of benzene rings is 1. The highest BCUT2D eigenvalue weighted by Gasteiger charge is 2.08. The summed E-state index contributed by atoms with van der Waals surface area (Å²) in [6.07, 6.45) is 5.69. The zero-order valence-electron chi connectivity index (χ0n) is 15.8. The predicted molar refractivity (Wildman–Crippen MR) is 118 cm³/mol. The highest BCUT2D eigenvalue weighted by Crippen LogP contribution is 2.24. The SMILES string of the molecule is Cc1ccc(-c2nc(CCNC(=O)/C=C/c3c(Cl)nc4ccccn34)cs2)cc1. The summed E-state index contributed by atoms with van der Waals surface area (Å²) >= 11 is 7.79. The van der Waals surface area contributed by atoms with Gasteiger partial charge in [-0.2, -0.15) is 0 Å². The molecule has 4 rings (SSSR count). The molecular weight excluding hydrogens is 404 g/mol. The second kappa shape index (κ2) is 8.59. The number of amides is 1. The van der Waals surface area contributed by atoms with E-state index in [9.17, 15) is 4.79 Å². The van der Waals surface area contributed by atoms with Crippen LogP contribution in [0.5, 0.6) is 0 Å². The van der Waals surface area contributed by atoms with Crippen LogP contribution < -0.4 is 5.32 Å². The zero-order chi connectivity index (χ0) is 20.2. The number of hydrogen-bond donors (Lipinski definition) is 1. The van der Waals surface area contributed by atoms with Crippen LogP contribution >= 0.6 is 22.9 Å². The highest BCUT2D eigenvalue weighted by atomic mass is 35.5. The first-order chi connectivity index (χ1) is 14.1. The fourth-order valence-corrected chi connectivity index (χ4v) is 4.01. The normalized spacial score (nSPS) is 11.4. The van der Waals surface area contributed by atoms with Crippen LogP contribution in [0, 0.1) is 6.92 Å². The molecule has 0 bridgehead atoms. The van der Waals surface area contributed by atoms with Crippen molar-refractivity contribution in [2.45, 2.75) is 13.3 Å². The number of hydrogen-bond acceptors (Lipinski definition) is 4. The first-order valence-electron chi connectivity index (χ1n) is 9.20. The number of pyridine rings is 1. The molecule has 0 aliphatic carbocycles. The van der Waals surface area contributed by atoms with Crippen LogP contribution in [0.1, 0.15) is 17.0 Å². The molecule has 0 spiro atoms. The van der Waals surface area contributed by atoms with Crippen molar-refractivity contribution in [3.05, 3.63) is 82.2 Å². The Bertz CT molecular complexity index is 1180. The van der Waals surface area contributed by atoms with Crippen molar-refractivity contribution in [3.63, 3.8) is 0 Å². The molecule has 146 valence electrons. The molecule has 0 aliphatic rings. The summed E-state index contributed by atoms with van der Waals surface area (Å²) in [4.78, 5) is 21.1. The average molecular weight is 423 g/mol. The quantitative estimate of drug-likeness (QED) is 0.454. The van der Waals surface area contributed by atoms with E-state index < -0.39 is 0 Å². The molecule has 0 saturated heterocycles. The zero-order valence-corrected chi connectivity index (χ0v) is 17.4. The summed E-state index contributed by atoms with van der Waals surface area (Å²) in [7, 11) is 0. The van der Waals surface area contributed by atoms with Crippen molar-refractivity contribution in [1.82, 2.24) is 19.7 Å². The van der Waals surface area contributed by atoms with Crippen LogP contribution in [0.15, 0.2) is 60.1 Å². The van der Waals surface area contributed by atoms with Crippen molar-refractivity contribution in [2.75, 3.05) is 6.54 Å². The molecule has 0 atom stereocenters. The van der Waals surface area contributed by atoms with E-state index in [1.54, 1.807) is 17.4 Å². The topological polar surface area (TPSA) is 59.3 Å². The fourth-order valence-electron chi connectivity index (χ4n) is 2.91. The van der Waals surface area contributed by atoms with Gasteiger partial charge in [-0.1, -0.05) is 47.5 Å². The van der Waals surface area contributed by atoms with Crippen LogP contribution in [0.3, 0.4) is 0 Å². The smallest absolute Gasteiger partial charge is 0.244 e. The Kier molecular flexibility index (Phi) is 5.74. The Labute approximate surface area is 177 Å². The number of aromatic nitrogens is 3. The molecule has 1 aromatic carbocycles. The number of imidazole rings is 1. The standard InChI is InChI=1S/C22H19ClN4OS/c1-15-5-7-16(8-6-15)22-25-17(14-29-22)11-12-24-20(28)10-9-18-21(23)26-19-4-2-3-13-27(18)19/h2-10,13-14H,11-12H2,1H3,(H,24,28)/b10-9+. The first kappa shape index (κ1) is 19.4. The molecule has 29 heavy (non-hydrogen) atoms. The molecule has 5 nitrogen and oxygen atoms in total. The molecule has 0 saturated carbocycles. The predicted octanol–water partition coefficient (Wildman–Crippen LogP) is 4.79. The highest BCUT2D eigenvalue weighted by molar-refractivity contribution is 7.13. The molecule has 0 aliphatic heterocycles. The molecule has 1 amide bonds. The van der Waals surface area contributed by atoms with Gasteiger partial charge in [0.25, 0.3) is 0 Å². The monoisotopic (exact) mass is 422 g/mol. The summed E-state index contributed by atoms with van der Waals surface area (Å²) in [5, 5.41) is 6.28. The van der Waals surface area contributed by atoms with E-state index >= 15 is 0 Å². The average Bonchev–Trinajstić information content (AvgIpc) is 3.31. The summed E-state index contributed by atoms with van der Waals surface area (Å²) in [5.74, 6) is -0.180. The van der Waals surface area contributed by atoms with Gasteiger partial charge in [-0.25, -0.2) is 9.97 Å². The van der Waals surface area contributed by atoms with Gasteiger partial charge in [0.05, 0.1) is 11.4 Å².